The molecule has 5 aromatic rings. The van der Waals surface area contributed by atoms with Crippen molar-refractivity contribution in [2.24, 2.45) is 0 Å². The monoisotopic (exact) mass is 532 g/mol. The molecular weight excluding hydrogens is 508 g/mol. The lowest BCUT2D eigenvalue weighted by Gasteiger charge is -2.29. The van der Waals surface area contributed by atoms with Crippen LogP contribution in [0.3, 0.4) is 0 Å². The number of anilines is 1. The number of hydrogen-bond donors (Lipinski definition) is 2. The zero-order valence-electron chi connectivity index (χ0n) is 20.7. The van der Waals surface area contributed by atoms with Crippen molar-refractivity contribution in [1.82, 2.24) is 14.9 Å². The van der Waals surface area contributed by atoms with Crippen LogP contribution in [0, 0.1) is 0 Å². The summed E-state index contributed by atoms with van der Waals surface area (Å²) >= 11 is 5.88. The largest absolute Gasteiger partial charge is 0.478 e. The number of carbonyl (C=O) groups is 1. The standard InChI is InChI=1S/C31H24N4O3S/c36-30(37)21-11-13-22(14-12-21)34-20-6-10-27(34)29-28(26-9-4-5-19-32-26)33-31(39)35(29)23-15-17-25(18-16-23)38-24-7-2-1-3-8-24/h1-20,28-29H,(H,33,39)(H,36,37)/t28-,29+/m1/s1. The zero-order valence-corrected chi connectivity index (χ0v) is 21.5. The van der Waals surface area contributed by atoms with Gasteiger partial charge in [-0.15, -0.1) is 0 Å². The molecule has 2 N–H and O–H groups in total. The van der Waals surface area contributed by atoms with Crippen LogP contribution >= 0.6 is 12.2 Å². The molecular formula is C31H24N4O3S. The van der Waals surface area contributed by atoms with Gasteiger partial charge in [0.1, 0.15) is 17.5 Å². The first kappa shape index (κ1) is 24.4. The molecule has 0 aliphatic carbocycles. The number of aromatic carboxylic acids is 1. The molecule has 192 valence electrons. The van der Waals surface area contributed by atoms with Gasteiger partial charge in [0, 0.05) is 29.5 Å². The van der Waals surface area contributed by atoms with E-state index < -0.39 is 5.97 Å². The fourth-order valence-corrected chi connectivity index (χ4v) is 5.21. The third-order valence-electron chi connectivity index (χ3n) is 6.67. The van der Waals surface area contributed by atoms with Gasteiger partial charge in [-0.3, -0.25) is 4.98 Å². The van der Waals surface area contributed by atoms with E-state index in [2.05, 4.69) is 25.8 Å². The number of hydrogen-bond acceptors (Lipinski definition) is 4. The molecule has 6 rings (SSSR count). The number of nitrogens with one attached hydrogen (secondary N) is 1. The van der Waals surface area contributed by atoms with E-state index in [4.69, 9.17) is 17.0 Å². The van der Waals surface area contributed by atoms with Gasteiger partial charge >= 0.3 is 5.97 Å². The van der Waals surface area contributed by atoms with Crippen molar-refractivity contribution in [3.05, 3.63) is 139 Å². The summed E-state index contributed by atoms with van der Waals surface area (Å²) in [6.07, 6.45) is 3.75. The number of carboxylic acid groups (broad SMARTS) is 1. The quantitative estimate of drug-likeness (QED) is 0.230. The molecule has 0 saturated carbocycles. The lowest BCUT2D eigenvalue weighted by Crippen LogP contribution is -2.30. The Morgan fingerprint density at radius 1 is 0.821 bits per heavy atom. The second kappa shape index (κ2) is 10.4. The number of aromatic nitrogens is 2. The van der Waals surface area contributed by atoms with E-state index in [1.807, 2.05) is 97.2 Å². The maximum absolute atomic E-state index is 11.4. The Morgan fingerprint density at radius 2 is 1.51 bits per heavy atom. The van der Waals surface area contributed by atoms with Crippen molar-refractivity contribution in [2.75, 3.05) is 4.90 Å². The van der Waals surface area contributed by atoms with Crippen molar-refractivity contribution >= 4 is 29.0 Å². The van der Waals surface area contributed by atoms with Crippen LogP contribution in [0.25, 0.3) is 5.69 Å². The Balaban J connectivity index is 1.39. The van der Waals surface area contributed by atoms with E-state index in [9.17, 15) is 9.90 Å². The average molecular weight is 533 g/mol. The minimum absolute atomic E-state index is 0.217. The summed E-state index contributed by atoms with van der Waals surface area (Å²) < 4.78 is 8.05. The topological polar surface area (TPSA) is 79.6 Å². The molecule has 0 bridgehead atoms. The van der Waals surface area contributed by atoms with Crippen LogP contribution in [0.15, 0.2) is 122 Å². The van der Waals surface area contributed by atoms with E-state index in [1.165, 1.54) is 0 Å². The van der Waals surface area contributed by atoms with Crippen molar-refractivity contribution in [1.29, 1.82) is 0 Å². The molecule has 0 spiro atoms. The minimum atomic E-state index is -0.958. The first-order valence-electron chi connectivity index (χ1n) is 12.4. The summed E-state index contributed by atoms with van der Waals surface area (Å²) in [7, 11) is 0. The summed E-state index contributed by atoms with van der Waals surface area (Å²) in [6.45, 7) is 0. The second-order valence-electron chi connectivity index (χ2n) is 9.06. The molecule has 8 heteroatoms. The van der Waals surface area contributed by atoms with Crippen LogP contribution in [0.4, 0.5) is 5.69 Å². The van der Waals surface area contributed by atoms with Crippen molar-refractivity contribution < 1.29 is 14.6 Å². The van der Waals surface area contributed by atoms with Gasteiger partial charge in [-0.2, -0.15) is 0 Å². The van der Waals surface area contributed by atoms with Crippen LogP contribution < -0.4 is 15.0 Å². The minimum Gasteiger partial charge on any atom is -0.478 e. The fourth-order valence-electron chi connectivity index (χ4n) is 4.87. The number of para-hydroxylation sites is 1. The van der Waals surface area contributed by atoms with Crippen LogP contribution in [0.5, 0.6) is 11.5 Å². The highest BCUT2D eigenvalue weighted by atomic mass is 32.1. The van der Waals surface area contributed by atoms with E-state index in [0.717, 1.165) is 34.3 Å². The molecule has 1 aliphatic heterocycles. The van der Waals surface area contributed by atoms with Gasteiger partial charge in [-0.25, -0.2) is 4.79 Å². The van der Waals surface area contributed by atoms with Gasteiger partial charge in [-0.05, 0) is 97.1 Å². The molecule has 3 aromatic carbocycles. The highest BCUT2D eigenvalue weighted by Crippen LogP contribution is 2.42. The molecule has 1 aliphatic rings. The number of pyridine rings is 1. The predicted octanol–water partition coefficient (Wildman–Crippen LogP) is 6.54. The van der Waals surface area contributed by atoms with Gasteiger partial charge in [0.15, 0.2) is 5.11 Å². The van der Waals surface area contributed by atoms with E-state index in [1.54, 1.807) is 18.3 Å². The molecule has 1 fully saturated rings. The molecule has 0 amide bonds. The fraction of sp³-hybridized carbons (Fsp3) is 0.0645. The Morgan fingerprint density at radius 3 is 2.21 bits per heavy atom. The van der Waals surface area contributed by atoms with E-state index >= 15 is 0 Å². The number of rotatable bonds is 7. The summed E-state index contributed by atoms with van der Waals surface area (Å²) in [5.74, 6) is 0.534. The van der Waals surface area contributed by atoms with Crippen molar-refractivity contribution in [3.8, 4) is 17.2 Å². The summed E-state index contributed by atoms with van der Waals surface area (Å²) in [5, 5.41) is 13.4. The molecule has 7 nitrogen and oxygen atoms in total. The van der Waals surface area contributed by atoms with E-state index in [0.29, 0.717) is 5.11 Å². The highest BCUT2D eigenvalue weighted by Gasteiger charge is 2.42. The van der Waals surface area contributed by atoms with Crippen molar-refractivity contribution in [3.63, 3.8) is 0 Å². The lowest BCUT2D eigenvalue weighted by molar-refractivity contribution is 0.0697. The molecule has 2 atom stereocenters. The third kappa shape index (κ3) is 4.85. The van der Waals surface area contributed by atoms with Crippen LogP contribution in [0.2, 0.25) is 0 Å². The van der Waals surface area contributed by atoms with Gasteiger partial charge < -0.3 is 24.6 Å². The maximum Gasteiger partial charge on any atom is 0.335 e. The van der Waals surface area contributed by atoms with Gasteiger partial charge in [-0.1, -0.05) is 24.3 Å². The Kier molecular flexibility index (Phi) is 6.52. The SMILES string of the molecule is O=C(O)c1ccc(-n2cccc2[C@H]2[C@@H](c3ccccn3)NC(=S)N2c2ccc(Oc3ccccc3)cc2)cc1. The van der Waals surface area contributed by atoms with E-state index in [-0.39, 0.29) is 17.6 Å². The molecule has 0 radical (unpaired) electrons. The molecule has 3 heterocycles. The van der Waals surface area contributed by atoms with Gasteiger partial charge in [0.2, 0.25) is 0 Å². The smallest absolute Gasteiger partial charge is 0.335 e. The second-order valence-corrected chi connectivity index (χ2v) is 9.45. The number of thiocarbonyl (C=S) groups is 1. The number of carboxylic acids is 1. The first-order valence-corrected chi connectivity index (χ1v) is 12.8. The zero-order chi connectivity index (χ0) is 26.8. The van der Waals surface area contributed by atoms with Gasteiger partial charge in [0.05, 0.1) is 17.3 Å². The van der Waals surface area contributed by atoms with Gasteiger partial charge in [0.25, 0.3) is 0 Å². The lowest BCUT2D eigenvalue weighted by atomic mass is 10.0. The Labute approximate surface area is 230 Å². The third-order valence-corrected chi connectivity index (χ3v) is 6.98. The molecule has 39 heavy (non-hydrogen) atoms. The van der Waals surface area contributed by atoms with Crippen LogP contribution in [-0.2, 0) is 0 Å². The Bertz CT molecular complexity index is 1600. The summed E-state index contributed by atoms with van der Waals surface area (Å²) in [5.41, 5.74) is 3.84. The number of benzene rings is 3. The summed E-state index contributed by atoms with van der Waals surface area (Å²) in [4.78, 5) is 18.1. The molecule has 2 aromatic heterocycles. The van der Waals surface area contributed by atoms with Crippen LogP contribution in [0.1, 0.15) is 33.8 Å². The van der Waals surface area contributed by atoms with Crippen molar-refractivity contribution in [2.45, 2.75) is 12.1 Å². The van der Waals surface area contributed by atoms with Crippen LogP contribution in [-0.4, -0.2) is 25.7 Å². The number of nitrogens with zero attached hydrogens (tertiary/aromatic N) is 3. The maximum atomic E-state index is 11.4. The molecule has 0 unspecified atom stereocenters. The predicted molar refractivity (Wildman–Crippen MR) is 154 cm³/mol. The number of ether oxygens (including phenoxy) is 1. The highest BCUT2D eigenvalue weighted by molar-refractivity contribution is 7.80. The molecule has 1 saturated heterocycles. The summed E-state index contributed by atoms with van der Waals surface area (Å²) in [6, 6.07) is 33.8. The average Bonchev–Trinajstić information content (AvgIpc) is 3.59. The first-order chi connectivity index (χ1) is 19.1. The Hall–Kier alpha value is -4.95. The normalized spacial score (nSPS) is 16.6.